The molecule has 0 fully saturated rings. The molecule has 20 heavy (non-hydrogen) atoms. The molecule has 0 amide bonds. The Morgan fingerprint density at radius 3 is 2.75 bits per heavy atom. The smallest absolute Gasteiger partial charge is 0.171 e. The fourth-order valence-electron chi connectivity index (χ4n) is 1.65. The Labute approximate surface area is 125 Å². The summed E-state index contributed by atoms with van der Waals surface area (Å²) in [7, 11) is 0. The highest BCUT2D eigenvalue weighted by atomic mass is 35.5. The summed E-state index contributed by atoms with van der Waals surface area (Å²) in [5.41, 5.74) is 6.89. The molecule has 0 aliphatic heterocycles. The van der Waals surface area contributed by atoms with Crippen molar-refractivity contribution in [3.8, 4) is 0 Å². The van der Waals surface area contributed by atoms with Crippen molar-refractivity contribution in [2.24, 2.45) is 10.9 Å². The maximum atomic E-state index is 13.2. The molecule has 2 aromatic carbocycles. The number of nitrogens with zero attached hydrogens (tertiary/aromatic N) is 1. The first-order valence-electron chi connectivity index (χ1n) is 5.75. The summed E-state index contributed by atoms with van der Waals surface area (Å²) in [4.78, 5) is 0.724. The third-order valence-corrected chi connectivity index (χ3v) is 4.16. The number of hydrogen-bond donors (Lipinski definition) is 2. The number of halogens is 2. The molecule has 104 valence electrons. The molecule has 2 aromatic rings. The minimum Gasteiger partial charge on any atom is -0.409 e. The Hall–Kier alpha value is -1.72. The van der Waals surface area contributed by atoms with E-state index >= 15 is 0 Å². The van der Waals surface area contributed by atoms with E-state index in [2.05, 4.69) is 5.16 Å². The molecule has 3 N–H and O–H groups in total. The van der Waals surface area contributed by atoms with Crippen LogP contribution in [0.2, 0.25) is 5.02 Å². The number of amidine groups is 1. The predicted molar refractivity (Wildman–Crippen MR) is 79.9 cm³/mol. The van der Waals surface area contributed by atoms with Crippen molar-refractivity contribution in [1.82, 2.24) is 0 Å². The van der Waals surface area contributed by atoms with Crippen LogP contribution < -0.4 is 5.73 Å². The highest BCUT2D eigenvalue weighted by Crippen LogP contribution is 2.29. The number of benzene rings is 2. The van der Waals surface area contributed by atoms with Gasteiger partial charge in [0.1, 0.15) is 5.82 Å². The SMILES string of the molecule is N/C(=N/O)c1cc(F)ccc1SCc1ccccc1Cl. The van der Waals surface area contributed by atoms with Gasteiger partial charge in [0.25, 0.3) is 0 Å². The minimum atomic E-state index is -0.436. The number of rotatable bonds is 4. The van der Waals surface area contributed by atoms with Crippen LogP contribution >= 0.6 is 23.4 Å². The van der Waals surface area contributed by atoms with E-state index in [9.17, 15) is 4.39 Å². The lowest BCUT2D eigenvalue weighted by molar-refractivity contribution is 0.318. The number of hydrogen-bond acceptors (Lipinski definition) is 3. The number of oxime groups is 1. The summed E-state index contributed by atoms with van der Waals surface area (Å²) in [6.07, 6.45) is 0. The van der Waals surface area contributed by atoms with Gasteiger partial charge in [0.05, 0.1) is 0 Å². The van der Waals surface area contributed by atoms with Gasteiger partial charge < -0.3 is 10.9 Å². The van der Waals surface area contributed by atoms with Gasteiger partial charge in [-0.1, -0.05) is 35.0 Å². The third-order valence-electron chi connectivity index (χ3n) is 2.67. The molecule has 0 atom stereocenters. The van der Waals surface area contributed by atoms with Crippen LogP contribution in [0, 0.1) is 5.82 Å². The molecule has 6 heteroatoms. The van der Waals surface area contributed by atoms with Crippen LogP contribution in [0.15, 0.2) is 52.5 Å². The summed E-state index contributed by atoms with van der Waals surface area (Å²) in [5.74, 6) is 0.0525. The zero-order chi connectivity index (χ0) is 14.5. The Morgan fingerprint density at radius 2 is 2.05 bits per heavy atom. The Morgan fingerprint density at radius 1 is 1.30 bits per heavy atom. The second-order valence-electron chi connectivity index (χ2n) is 4.01. The second kappa shape index (κ2) is 6.63. The predicted octanol–water partition coefficient (Wildman–Crippen LogP) is 3.87. The molecule has 0 saturated carbocycles. The monoisotopic (exact) mass is 310 g/mol. The molecular formula is C14H12ClFN2OS. The summed E-state index contributed by atoms with van der Waals surface area (Å²) in [5, 5.41) is 12.3. The largest absolute Gasteiger partial charge is 0.409 e. The molecule has 0 saturated heterocycles. The zero-order valence-electron chi connectivity index (χ0n) is 10.4. The van der Waals surface area contributed by atoms with Crippen molar-refractivity contribution >= 4 is 29.2 Å². The Bertz CT molecular complexity index is 649. The summed E-state index contributed by atoms with van der Waals surface area (Å²) >= 11 is 7.53. The van der Waals surface area contributed by atoms with E-state index < -0.39 is 5.82 Å². The fraction of sp³-hybridized carbons (Fsp3) is 0.0714. The van der Waals surface area contributed by atoms with E-state index in [1.165, 1.54) is 23.9 Å². The standard InChI is InChI=1S/C14H12ClFN2OS/c15-12-4-2-1-3-9(12)8-20-13-6-5-10(16)7-11(13)14(17)18-19/h1-7,19H,8H2,(H2,17,18). The van der Waals surface area contributed by atoms with E-state index in [0.717, 1.165) is 10.5 Å². The molecule has 2 rings (SSSR count). The van der Waals surface area contributed by atoms with Crippen LogP contribution in [-0.2, 0) is 5.75 Å². The van der Waals surface area contributed by atoms with Crippen molar-refractivity contribution in [1.29, 1.82) is 0 Å². The summed E-state index contributed by atoms with van der Waals surface area (Å²) < 4.78 is 13.2. The first-order valence-corrected chi connectivity index (χ1v) is 7.12. The van der Waals surface area contributed by atoms with Crippen LogP contribution in [0.5, 0.6) is 0 Å². The first-order chi connectivity index (χ1) is 9.61. The lowest BCUT2D eigenvalue weighted by Crippen LogP contribution is -2.14. The van der Waals surface area contributed by atoms with E-state index in [4.69, 9.17) is 22.5 Å². The molecule has 0 bridgehead atoms. The molecule has 0 heterocycles. The molecule has 0 unspecified atom stereocenters. The van der Waals surface area contributed by atoms with Gasteiger partial charge in [-0.15, -0.1) is 11.8 Å². The topological polar surface area (TPSA) is 58.6 Å². The highest BCUT2D eigenvalue weighted by Gasteiger charge is 2.10. The lowest BCUT2D eigenvalue weighted by atomic mass is 10.2. The molecule has 0 radical (unpaired) electrons. The Kier molecular flexibility index (Phi) is 4.87. The maximum absolute atomic E-state index is 13.2. The Balaban J connectivity index is 2.24. The van der Waals surface area contributed by atoms with Gasteiger partial charge in [-0.25, -0.2) is 4.39 Å². The van der Waals surface area contributed by atoms with Crippen LogP contribution in [0.25, 0.3) is 0 Å². The van der Waals surface area contributed by atoms with Crippen molar-refractivity contribution in [2.75, 3.05) is 0 Å². The van der Waals surface area contributed by atoms with Crippen LogP contribution in [0.1, 0.15) is 11.1 Å². The van der Waals surface area contributed by atoms with Crippen molar-refractivity contribution < 1.29 is 9.60 Å². The molecule has 0 spiro atoms. The van der Waals surface area contributed by atoms with E-state index in [-0.39, 0.29) is 5.84 Å². The minimum absolute atomic E-state index is 0.119. The average molecular weight is 311 g/mol. The second-order valence-corrected chi connectivity index (χ2v) is 5.43. The van der Waals surface area contributed by atoms with Crippen molar-refractivity contribution in [2.45, 2.75) is 10.6 Å². The maximum Gasteiger partial charge on any atom is 0.171 e. The van der Waals surface area contributed by atoms with E-state index in [0.29, 0.717) is 16.3 Å². The van der Waals surface area contributed by atoms with Crippen molar-refractivity contribution in [3.05, 3.63) is 64.4 Å². The summed E-state index contributed by atoms with van der Waals surface area (Å²) in [6, 6.07) is 11.7. The first kappa shape index (κ1) is 14.7. The van der Waals surface area contributed by atoms with Gasteiger partial charge in [0.15, 0.2) is 5.84 Å². The number of nitrogens with two attached hydrogens (primary N) is 1. The molecule has 0 aliphatic rings. The molecule has 0 aliphatic carbocycles. The van der Waals surface area contributed by atoms with Crippen molar-refractivity contribution in [3.63, 3.8) is 0 Å². The molecule has 3 nitrogen and oxygen atoms in total. The zero-order valence-corrected chi connectivity index (χ0v) is 12.0. The van der Waals surface area contributed by atoms with Gasteiger partial charge in [-0.05, 0) is 29.8 Å². The quantitative estimate of drug-likeness (QED) is 0.296. The van der Waals surface area contributed by atoms with Crippen LogP contribution in [0.4, 0.5) is 4.39 Å². The van der Waals surface area contributed by atoms with Gasteiger partial charge in [-0.3, -0.25) is 0 Å². The molecule has 0 aromatic heterocycles. The normalized spacial score (nSPS) is 11.6. The van der Waals surface area contributed by atoms with Gasteiger partial charge in [0, 0.05) is 21.2 Å². The average Bonchev–Trinajstić information content (AvgIpc) is 2.46. The third kappa shape index (κ3) is 3.43. The van der Waals surface area contributed by atoms with Gasteiger partial charge in [-0.2, -0.15) is 0 Å². The lowest BCUT2D eigenvalue weighted by Gasteiger charge is -2.09. The molecular weight excluding hydrogens is 299 g/mol. The van der Waals surface area contributed by atoms with Crippen LogP contribution in [-0.4, -0.2) is 11.0 Å². The summed E-state index contributed by atoms with van der Waals surface area (Å²) in [6.45, 7) is 0. The fourth-order valence-corrected chi connectivity index (χ4v) is 2.98. The van der Waals surface area contributed by atoms with E-state index in [1.807, 2.05) is 24.3 Å². The van der Waals surface area contributed by atoms with Crippen LogP contribution in [0.3, 0.4) is 0 Å². The van der Waals surface area contributed by atoms with Gasteiger partial charge in [0.2, 0.25) is 0 Å². The number of thioether (sulfide) groups is 1. The highest BCUT2D eigenvalue weighted by molar-refractivity contribution is 7.98. The van der Waals surface area contributed by atoms with E-state index in [1.54, 1.807) is 6.07 Å². The van der Waals surface area contributed by atoms with Gasteiger partial charge >= 0.3 is 0 Å².